The molecule has 0 N–H and O–H groups in total. The van der Waals surface area contributed by atoms with Crippen LogP contribution in [0.3, 0.4) is 0 Å². The Balaban J connectivity index is 1.99. The molecule has 1 saturated heterocycles. The van der Waals surface area contributed by atoms with Crippen molar-refractivity contribution >= 4 is 11.5 Å². The second-order valence-electron chi connectivity index (χ2n) is 7.50. The number of ketones is 1. The molecule has 0 spiro atoms. The zero-order valence-electron chi connectivity index (χ0n) is 14.2. The molecule has 0 bridgehead atoms. The van der Waals surface area contributed by atoms with Gasteiger partial charge in [0, 0.05) is 24.4 Å². The van der Waals surface area contributed by atoms with Gasteiger partial charge in [-0.05, 0) is 35.6 Å². The summed E-state index contributed by atoms with van der Waals surface area (Å²) in [5.74, 6) is 0.353. The number of carbonyl (C=O) groups is 1. The second kappa shape index (κ2) is 5.64. The van der Waals surface area contributed by atoms with E-state index in [1.54, 1.807) is 0 Å². The normalized spacial score (nSPS) is 26.3. The number of allylic oxidation sites excluding steroid dienone is 2. The summed E-state index contributed by atoms with van der Waals surface area (Å²) in [7, 11) is 0. The highest BCUT2D eigenvalue weighted by Crippen LogP contribution is 2.46. The summed E-state index contributed by atoms with van der Waals surface area (Å²) in [6.45, 7) is 6.79. The third kappa shape index (κ3) is 2.96. The van der Waals surface area contributed by atoms with Gasteiger partial charge in [-0.3, -0.25) is 4.79 Å². The molecule has 2 nitrogen and oxygen atoms in total. The van der Waals surface area contributed by atoms with E-state index in [2.05, 4.69) is 13.0 Å². The maximum Gasteiger partial charge on any atom is 0.416 e. The largest absolute Gasteiger partial charge is 0.416 e. The predicted octanol–water partition coefficient (Wildman–Crippen LogP) is 5.05. The van der Waals surface area contributed by atoms with Gasteiger partial charge in [0.15, 0.2) is 0 Å². The van der Waals surface area contributed by atoms with Crippen LogP contribution < -0.4 is 4.90 Å². The fourth-order valence-electron chi connectivity index (χ4n) is 3.91. The summed E-state index contributed by atoms with van der Waals surface area (Å²) in [5.41, 5.74) is 0.821. The van der Waals surface area contributed by atoms with Crippen LogP contribution in [0.1, 0.15) is 39.2 Å². The average Bonchev–Trinajstić information content (AvgIpc) is 2.83. The first-order valence-corrected chi connectivity index (χ1v) is 8.32. The first-order valence-electron chi connectivity index (χ1n) is 8.32. The molecule has 1 aromatic carbocycles. The molecule has 5 heteroatoms. The molecule has 0 radical (unpaired) electrons. The molecule has 2 atom stereocenters. The van der Waals surface area contributed by atoms with E-state index in [1.165, 1.54) is 12.1 Å². The molecule has 24 heavy (non-hydrogen) atoms. The lowest BCUT2D eigenvalue weighted by Gasteiger charge is -2.33. The fourth-order valence-corrected chi connectivity index (χ4v) is 3.91. The van der Waals surface area contributed by atoms with Gasteiger partial charge in [-0.2, -0.15) is 13.2 Å². The highest BCUT2D eigenvalue weighted by molar-refractivity contribution is 5.88. The highest BCUT2D eigenvalue weighted by Gasteiger charge is 2.45. The van der Waals surface area contributed by atoms with Crippen LogP contribution in [0.5, 0.6) is 0 Å². The van der Waals surface area contributed by atoms with E-state index in [-0.39, 0.29) is 23.0 Å². The Morgan fingerprint density at radius 1 is 1.21 bits per heavy atom. The number of alkyl halides is 3. The molecule has 1 aliphatic carbocycles. The number of hydrogen-bond acceptors (Lipinski definition) is 2. The number of rotatable bonds is 2. The molecule has 0 amide bonds. The molecule has 1 aromatic rings. The number of Topliss-reactive ketones (excluding diaryl/α,β-unsaturated/α-hetero) is 1. The fraction of sp³-hybridized carbons (Fsp3) is 0.526. The van der Waals surface area contributed by atoms with E-state index in [9.17, 15) is 18.0 Å². The number of fused-ring (bicyclic) bond motifs is 1. The van der Waals surface area contributed by atoms with Crippen LogP contribution >= 0.6 is 0 Å². The van der Waals surface area contributed by atoms with Gasteiger partial charge < -0.3 is 4.90 Å². The maximum atomic E-state index is 12.8. The molecule has 1 heterocycles. The Morgan fingerprint density at radius 3 is 2.38 bits per heavy atom. The number of benzene rings is 1. The zero-order valence-corrected chi connectivity index (χ0v) is 14.2. The smallest absolute Gasteiger partial charge is 0.344 e. The van der Waals surface area contributed by atoms with Gasteiger partial charge in [-0.15, -0.1) is 0 Å². The molecule has 3 rings (SSSR count). The third-order valence-electron chi connectivity index (χ3n) is 5.06. The van der Waals surface area contributed by atoms with Crippen molar-refractivity contribution in [2.45, 2.75) is 39.8 Å². The maximum absolute atomic E-state index is 12.8. The van der Waals surface area contributed by atoms with E-state index in [0.717, 1.165) is 29.9 Å². The number of anilines is 1. The van der Waals surface area contributed by atoms with Crippen LogP contribution in [0.15, 0.2) is 36.0 Å². The molecular weight excluding hydrogens is 315 g/mol. The summed E-state index contributed by atoms with van der Waals surface area (Å²) >= 11 is 0. The first kappa shape index (κ1) is 17.1. The van der Waals surface area contributed by atoms with E-state index < -0.39 is 11.7 Å². The Labute approximate surface area is 140 Å². The standard InChI is InChI=1S/C19H22F3NO/c1-4-12-11-23(14-7-5-13(6-8-14)19(20,21)22)15-9-18(2,3)10-16(24)17(12)15/h5-9,12,17H,4,10-11H2,1-3H3. The SMILES string of the molecule is CCC1CN(c2ccc(C(F)(F)F)cc2)C2=CC(C)(C)CC(=O)C21. The lowest BCUT2D eigenvalue weighted by Crippen LogP contribution is -2.32. The second-order valence-corrected chi connectivity index (χ2v) is 7.50. The number of hydrogen-bond donors (Lipinski definition) is 0. The highest BCUT2D eigenvalue weighted by atomic mass is 19.4. The van der Waals surface area contributed by atoms with Crippen LogP contribution in [-0.2, 0) is 11.0 Å². The Kier molecular flexibility index (Phi) is 4.01. The molecule has 0 aromatic heterocycles. The van der Waals surface area contributed by atoms with E-state index in [4.69, 9.17) is 0 Å². The van der Waals surface area contributed by atoms with Crippen molar-refractivity contribution in [3.8, 4) is 0 Å². The Bertz CT molecular complexity index is 673. The van der Waals surface area contributed by atoms with Gasteiger partial charge in [0.1, 0.15) is 5.78 Å². The molecule has 2 aliphatic rings. The lowest BCUT2D eigenvalue weighted by atomic mass is 9.73. The monoisotopic (exact) mass is 337 g/mol. The Hall–Kier alpha value is -1.78. The minimum atomic E-state index is -4.33. The summed E-state index contributed by atoms with van der Waals surface area (Å²) in [5, 5.41) is 0. The minimum absolute atomic E-state index is 0.120. The molecular formula is C19H22F3NO. The Morgan fingerprint density at radius 2 is 1.83 bits per heavy atom. The topological polar surface area (TPSA) is 20.3 Å². The summed E-state index contributed by atoms with van der Waals surface area (Å²) in [6, 6.07) is 5.23. The quantitative estimate of drug-likeness (QED) is 0.752. The van der Waals surface area contributed by atoms with Gasteiger partial charge in [0.25, 0.3) is 0 Å². The van der Waals surface area contributed by atoms with Crippen molar-refractivity contribution in [2.75, 3.05) is 11.4 Å². The van der Waals surface area contributed by atoms with Crippen LogP contribution in [0.2, 0.25) is 0 Å². The summed E-state index contributed by atoms with van der Waals surface area (Å²) in [6.07, 6.45) is -0.795. The molecule has 2 unspecified atom stereocenters. The molecule has 0 saturated carbocycles. The van der Waals surface area contributed by atoms with Crippen molar-refractivity contribution in [1.82, 2.24) is 0 Å². The number of carbonyl (C=O) groups excluding carboxylic acids is 1. The van der Waals surface area contributed by atoms with Gasteiger partial charge in [-0.25, -0.2) is 0 Å². The van der Waals surface area contributed by atoms with Crippen LogP contribution in [0, 0.1) is 17.3 Å². The summed E-state index contributed by atoms with van der Waals surface area (Å²) in [4.78, 5) is 14.6. The van der Waals surface area contributed by atoms with E-state index >= 15 is 0 Å². The van der Waals surface area contributed by atoms with Crippen LogP contribution in [-0.4, -0.2) is 12.3 Å². The van der Waals surface area contributed by atoms with Crippen molar-refractivity contribution < 1.29 is 18.0 Å². The first-order chi connectivity index (χ1) is 11.1. The van der Waals surface area contributed by atoms with E-state index in [1.807, 2.05) is 18.7 Å². The average molecular weight is 337 g/mol. The van der Waals surface area contributed by atoms with Crippen molar-refractivity contribution in [3.05, 3.63) is 41.6 Å². The molecule has 130 valence electrons. The van der Waals surface area contributed by atoms with Gasteiger partial charge in [0.2, 0.25) is 0 Å². The zero-order chi connectivity index (χ0) is 17.7. The van der Waals surface area contributed by atoms with E-state index in [0.29, 0.717) is 13.0 Å². The third-order valence-corrected chi connectivity index (χ3v) is 5.06. The molecule has 1 aliphatic heterocycles. The summed E-state index contributed by atoms with van der Waals surface area (Å²) < 4.78 is 38.3. The van der Waals surface area contributed by atoms with Gasteiger partial charge >= 0.3 is 6.18 Å². The number of halogens is 3. The van der Waals surface area contributed by atoms with Gasteiger partial charge in [0.05, 0.1) is 11.5 Å². The minimum Gasteiger partial charge on any atom is -0.344 e. The molecule has 1 fully saturated rings. The van der Waals surface area contributed by atoms with Crippen molar-refractivity contribution in [2.24, 2.45) is 17.3 Å². The van der Waals surface area contributed by atoms with Crippen LogP contribution in [0.25, 0.3) is 0 Å². The van der Waals surface area contributed by atoms with Gasteiger partial charge in [-0.1, -0.05) is 33.3 Å². The van der Waals surface area contributed by atoms with Crippen molar-refractivity contribution in [1.29, 1.82) is 0 Å². The van der Waals surface area contributed by atoms with Crippen LogP contribution in [0.4, 0.5) is 18.9 Å². The predicted molar refractivity (Wildman–Crippen MR) is 87.5 cm³/mol. The van der Waals surface area contributed by atoms with Crippen molar-refractivity contribution in [3.63, 3.8) is 0 Å². The number of nitrogens with zero attached hydrogens (tertiary/aromatic N) is 1. The lowest BCUT2D eigenvalue weighted by molar-refractivity contribution is -0.137.